The van der Waals surface area contributed by atoms with Gasteiger partial charge in [-0.05, 0) is 24.1 Å². The van der Waals surface area contributed by atoms with Crippen molar-refractivity contribution in [3.8, 4) is 0 Å². The van der Waals surface area contributed by atoms with E-state index in [-0.39, 0.29) is 23.0 Å². The number of amides is 1. The summed E-state index contributed by atoms with van der Waals surface area (Å²) in [6.45, 7) is 0.938. The molecule has 3 heterocycles. The fourth-order valence-electron chi connectivity index (χ4n) is 3.61. The molecule has 2 aromatic heterocycles. The predicted octanol–water partition coefficient (Wildman–Crippen LogP) is 4.87. The van der Waals surface area contributed by atoms with Crippen LogP contribution in [0.3, 0.4) is 0 Å². The molecule has 2 atom stereocenters. The van der Waals surface area contributed by atoms with Gasteiger partial charge < -0.3 is 15.2 Å². The van der Waals surface area contributed by atoms with Crippen LogP contribution in [0.4, 0.5) is 19.0 Å². The molecule has 0 unspecified atom stereocenters. The van der Waals surface area contributed by atoms with E-state index in [0.29, 0.717) is 30.1 Å². The minimum atomic E-state index is -4.57. The lowest BCUT2D eigenvalue weighted by Gasteiger charge is -2.33. The van der Waals surface area contributed by atoms with Gasteiger partial charge in [0.05, 0.1) is 12.4 Å². The van der Waals surface area contributed by atoms with Crippen LogP contribution >= 0.6 is 23.2 Å². The molecular formula is C20H19Cl2F3N6O. The third-order valence-electron chi connectivity index (χ3n) is 5.22. The number of aromatic nitrogens is 4. The summed E-state index contributed by atoms with van der Waals surface area (Å²) in [5, 5.41) is 9.91. The number of hydrogen-bond acceptors (Lipinski definition) is 4. The molecule has 7 nitrogen and oxygen atoms in total. The lowest BCUT2D eigenvalue weighted by molar-refractivity contribution is -0.173. The number of hydrogen-bond donors (Lipinski definition) is 2. The maximum Gasteiger partial charge on any atom is 0.410 e. The van der Waals surface area contributed by atoms with Crippen LogP contribution in [0.25, 0.3) is 0 Å². The zero-order chi connectivity index (χ0) is 22.9. The van der Waals surface area contributed by atoms with Crippen molar-refractivity contribution in [1.82, 2.24) is 24.6 Å². The van der Waals surface area contributed by atoms with Gasteiger partial charge in [-0.2, -0.15) is 18.3 Å². The van der Waals surface area contributed by atoms with Crippen molar-refractivity contribution >= 4 is 34.9 Å². The number of aryl methyl sites for hydroxylation is 1. The Kier molecular flexibility index (Phi) is 6.34. The third-order valence-corrected chi connectivity index (χ3v) is 5.83. The highest BCUT2D eigenvalue weighted by Crippen LogP contribution is 2.46. The summed E-state index contributed by atoms with van der Waals surface area (Å²) in [4.78, 5) is 16.5. The Morgan fingerprint density at radius 3 is 2.66 bits per heavy atom. The molecular weight excluding hydrogens is 468 g/mol. The average Bonchev–Trinajstić information content (AvgIpc) is 3.38. The highest BCUT2D eigenvalue weighted by Gasteiger charge is 2.47. The number of benzene rings is 1. The molecule has 0 saturated carbocycles. The standard InChI is InChI=1S/C20H19Cl2F3N6O/c21-13-4-2-12(3-5-13)14-10-15(20(23,24)25)31-18(28-14)16(22)17(29-31)19(32)27-6-1-8-30-9-7-26-11-30/h2-5,7,9,11,14-15,28H,1,6,8,10H2,(H,27,32)/t14-,15-/m1/s1. The first-order valence-corrected chi connectivity index (χ1v) is 10.6. The van der Waals surface area contributed by atoms with Crippen molar-refractivity contribution in [1.29, 1.82) is 0 Å². The summed E-state index contributed by atoms with van der Waals surface area (Å²) in [5.74, 6) is -0.669. The van der Waals surface area contributed by atoms with Crippen molar-refractivity contribution < 1.29 is 18.0 Å². The number of anilines is 1. The van der Waals surface area contributed by atoms with Gasteiger partial charge in [-0.1, -0.05) is 35.3 Å². The molecule has 2 N–H and O–H groups in total. The molecule has 170 valence electrons. The van der Waals surface area contributed by atoms with Gasteiger partial charge in [0.1, 0.15) is 10.8 Å². The van der Waals surface area contributed by atoms with Crippen molar-refractivity contribution in [2.45, 2.75) is 37.6 Å². The molecule has 0 bridgehead atoms. The average molecular weight is 487 g/mol. The van der Waals surface area contributed by atoms with E-state index >= 15 is 0 Å². The maximum atomic E-state index is 13.8. The number of carbonyl (C=O) groups excluding carboxylic acids is 1. The van der Waals surface area contributed by atoms with E-state index in [1.165, 1.54) is 0 Å². The van der Waals surface area contributed by atoms with E-state index < -0.39 is 24.2 Å². The molecule has 12 heteroatoms. The zero-order valence-electron chi connectivity index (χ0n) is 16.6. The van der Waals surface area contributed by atoms with Crippen molar-refractivity contribution in [2.24, 2.45) is 0 Å². The second kappa shape index (κ2) is 9.03. The van der Waals surface area contributed by atoms with Gasteiger partial charge in [0.2, 0.25) is 0 Å². The number of carbonyl (C=O) groups is 1. The largest absolute Gasteiger partial charge is 0.410 e. The molecule has 0 aliphatic carbocycles. The number of nitrogens with one attached hydrogen (secondary N) is 2. The highest BCUT2D eigenvalue weighted by atomic mass is 35.5. The van der Waals surface area contributed by atoms with Crippen molar-refractivity contribution in [2.75, 3.05) is 11.9 Å². The van der Waals surface area contributed by atoms with Crippen molar-refractivity contribution in [3.63, 3.8) is 0 Å². The summed E-state index contributed by atoms with van der Waals surface area (Å²) in [5.41, 5.74) is 0.375. The van der Waals surface area contributed by atoms with Crippen LogP contribution in [0.5, 0.6) is 0 Å². The summed E-state index contributed by atoms with van der Waals surface area (Å²) >= 11 is 12.2. The maximum absolute atomic E-state index is 13.8. The van der Waals surface area contributed by atoms with Crippen LogP contribution in [0.15, 0.2) is 43.0 Å². The summed E-state index contributed by atoms with van der Waals surface area (Å²) in [7, 11) is 0. The van der Waals surface area contributed by atoms with Crippen LogP contribution in [0.1, 0.15) is 41.0 Å². The first-order valence-electron chi connectivity index (χ1n) is 9.84. The van der Waals surface area contributed by atoms with Gasteiger partial charge in [0, 0.05) is 36.9 Å². The summed E-state index contributed by atoms with van der Waals surface area (Å²) in [6, 6.07) is 3.92. The van der Waals surface area contributed by atoms with Gasteiger partial charge in [0.15, 0.2) is 11.7 Å². The quantitative estimate of drug-likeness (QED) is 0.487. The second-order valence-corrected chi connectivity index (χ2v) is 8.22. The molecule has 32 heavy (non-hydrogen) atoms. The first-order chi connectivity index (χ1) is 15.2. The summed E-state index contributed by atoms with van der Waals surface area (Å²) in [6.07, 6.45) is 0.826. The van der Waals surface area contributed by atoms with E-state index in [0.717, 1.165) is 4.68 Å². The van der Waals surface area contributed by atoms with E-state index in [1.54, 1.807) is 43.0 Å². The number of rotatable bonds is 6. The second-order valence-electron chi connectivity index (χ2n) is 7.41. The smallest absolute Gasteiger partial charge is 0.362 e. The van der Waals surface area contributed by atoms with Gasteiger partial charge in [-0.15, -0.1) is 0 Å². The SMILES string of the molecule is O=C(NCCCn1ccnc1)c1nn2c(c1Cl)N[C@@H](c1ccc(Cl)cc1)C[C@@H]2C(F)(F)F. The van der Waals surface area contributed by atoms with Crippen LogP contribution in [-0.2, 0) is 6.54 Å². The molecule has 1 aromatic carbocycles. The van der Waals surface area contributed by atoms with Crippen molar-refractivity contribution in [3.05, 3.63) is 64.3 Å². The molecule has 1 amide bonds. The molecule has 1 aliphatic heterocycles. The van der Waals surface area contributed by atoms with Gasteiger partial charge >= 0.3 is 6.18 Å². The van der Waals surface area contributed by atoms with Gasteiger partial charge in [-0.25, -0.2) is 9.67 Å². The minimum absolute atomic E-state index is 0.0382. The lowest BCUT2D eigenvalue weighted by Crippen LogP contribution is -2.36. The fraction of sp³-hybridized carbons (Fsp3) is 0.350. The highest BCUT2D eigenvalue weighted by molar-refractivity contribution is 6.36. The minimum Gasteiger partial charge on any atom is -0.362 e. The van der Waals surface area contributed by atoms with E-state index in [1.807, 2.05) is 4.57 Å². The molecule has 0 saturated heterocycles. The summed E-state index contributed by atoms with van der Waals surface area (Å²) < 4.78 is 44.1. The number of imidazole rings is 1. The number of fused-ring (bicyclic) bond motifs is 1. The molecule has 3 aromatic rings. The van der Waals surface area contributed by atoms with Crippen LogP contribution in [0, 0.1) is 0 Å². The Morgan fingerprint density at radius 1 is 1.25 bits per heavy atom. The topological polar surface area (TPSA) is 76.8 Å². The molecule has 0 radical (unpaired) electrons. The fourth-order valence-corrected chi connectivity index (χ4v) is 4.01. The number of alkyl halides is 3. The Balaban J connectivity index is 1.53. The molecule has 0 fully saturated rings. The Bertz CT molecular complexity index is 1080. The monoisotopic (exact) mass is 486 g/mol. The zero-order valence-corrected chi connectivity index (χ0v) is 18.1. The predicted molar refractivity (Wildman–Crippen MR) is 114 cm³/mol. The van der Waals surface area contributed by atoms with Gasteiger partial charge in [0.25, 0.3) is 5.91 Å². The van der Waals surface area contributed by atoms with Crippen LogP contribution in [-0.4, -0.2) is 38.0 Å². The van der Waals surface area contributed by atoms with Crippen LogP contribution in [0.2, 0.25) is 10.0 Å². The lowest BCUT2D eigenvalue weighted by atomic mass is 9.97. The first kappa shape index (κ1) is 22.5. The van der Waals surface area contributed by atoms with Crippen LogP contribution < -0.4 is 10.6 Å². The molecule has 0 spiro atoms. The Labute approximate surface area is 191 Å². The molecule has 1 aliphatic rings. The van der Waals surface area contributed by atoms with E-state index in [2.05, 4.69) is 20.7 Å². The normalized spacial score (nSPS) is 18.2. The molecule has 4 rings (SSSR count). The number of nitrogens with zero attached hydrogens (tertiary/aromatic N) is 4. The Hall–Kier alpha value is -2.72. The van der Waals surface area contributed by atoms with Gasteiger partial charge in [-0.3, -0.25) is 4.79 Å². The number of halogens is 5. The van der Waals surface area contributed by atoms with E-state index in [9.17, 15) is 18.0 Å². The Morgan fingerprint density at radius 2 is 2.00 bits per heavy atom. The third kappa shape index (κ3) is 4.71. The van der Waals surface area contributed by atoms with E-state index in [4.69, 9.17) is 23.2 Å².